The van der Waals surface area contributed by atoms with E-state index in [0.29, 0.717) is 17.0 Å². The molecule has 0 radical (unpaired) electrons. The first-order chi connectivity index (χ1) is 16.7. The van der Waals surface area contributed by atoms with E-state index in [9.17, 15) is 19.8 Å². The van der Waals surface area contributed by atoms with Crippen LogP contribution in [-0.2, 0) is 10.3 Å². The molecule has 9 heteroatoms. The largest absolute Gasteiger partial charge is 0.508 e. The van der Waals surface area contributed by atoms with Gasteiger partial charge in [-0.25, -0.2) is 4.79 Å². The van der Waals surface area contributed by atoms with Gasteiger partial charge in [-0.15, -0.1) is 0 Å². The number of β-amino-alcohol motifs (C(OH)–C–C–N with tert-alkyl or cyclic N) is 1. The highest BCUT2D eigenvalue weighted by Gasteiger charge is 2.50. The van der Waals surface area contributed by atoms with Crippen molar-refractivity contribution < 1.29 is 19.7 Å². The van der Waals surface area contributed by atoms with Crippen LogP contribution >= 0.6 is 0 Å². The van der Waals surface area contributed by atoms with Gasteiger partial charge in [0.05, 0.1) is 28.4 Å². The van der Waals surface area contributed by atoms with Crippen LogP contribution in [0.2, 0.25) is 0 Å². The zero-order chi connectivity index (χ0) is 26.6. The van der Waals surface area contributed by atoms with E-state index in [4.69, 9.17) is 4.74 Å². The van der Waals surface area contributed by atoms with Gasteiger partial charge in [-0.3, -0.25) is 9.36 Å². The van der Waals surface area contributed by atoms with Crippen molar-refractivity contribution in [3.8, 4) is 11.5 Å². The molecule has 0 spiro atoms. The number of carbonyl (C=O) groups is 1. The molecule has 0 bridgehead atoms. The Morgan fingerprint density at radius 3 is 2.50 bits per heavy atom. The average Bonchev–Trinajstić information content (AvgIpc) is 3.11. The Morgan fingerprint density at radius 1 is 1.11 bits per heavy atom. The summed E-state index contributed by atoms with van der Waals surface area (Å²) in [5, 5.41) is 27.3. The fraction of sp³-hybridized carbons (Fsp3) is 0.481. The van der Waals surface area contributed by atoms with E-state index in [-0.39, 0.29) is 30.5 Å². The second-order valence-electron chi connectivity index (χ2n) is 11.2. The third-order valence-corrected chi connectivity index (χ3v) is 8.31. The number of aryl methyl sites for hydroxylation is 1. The van der Waals surface area contributed by atoms with Gasteiger partial charge in [-0.2, -0.15) is 0 Å². The van der Waals surface area contributed by atoms with Crippen LogP contribution in [0.4, 0.5) is 5.69 Å². The van der Waals surface area contributed by atoms with Crippen molar-refractivity contribution in [2.75, 3.05) is 18.5 Å². The van der Waals surface area contributed by atoms with Crippen molar-refractivity contribution >= 4 is 22.6 Å². The summed E-state index contributed by atoms with van der Waals surface area (Å²) in [7, 11) is 0. The van der Waals surface area contributed by atoms with Crippen LogP contribution in [0.3, 0.4) is 0 Å². The molecule has 0 aliphatic carbocycles. The van der Waals surface area contributed by atoms with Crippen molar-refractivity contribution in [2.24, 2.45) is 5.41 Å². The van der Waals surface area contributed by atoms with Crippen molar-refractivity contribution in [2.45, 2.75) is 65.6 Å². The first-order valence-electron chi connectivity index (χ1n) is 12.1. The molecule has 1 aliphatic rings. The number of aliphatic hydroxyl groups excluding tert-OH is 1. The number of aromatic hydroxyl groups is 1. The van der Waals surface area contributed by atoms with Gasteiger partial charge in [0.15, 0.2) is 6.61 Å². The lowest BCUT2D eigenvalue weighted by molar-refractivity contribution is -0.118. The summed E-state index contributed by atoms with van der Waals surface area (Å²) in [6.45, 7) is 14.4. The number of aliphatic hydroxyl groups is 1. The predicted octanol–water partition coefficient (Wildman–Crippen LogP) is 3.54. The van der Waals surface area contributed by atoms with Gasteiger partial charge < -0.3 is 30.6 Å². The number of amides is 1. The lowest BCUT2D eigenvalue weighted by Crippen LogP contribution is -2.62. The number of rotatable bonds is 7. The minimum Gasteiger partial charge on any atom is -0.508 e. The molecule has 1 unspecified atom stereocenters. The van der Waals surface area contributed by atoms with Gasteiger partial charge in [0, 0.05) is 29.1 Å². The summed E-state index contributed by atoms with van der Waals surface area (Å²) in [4.78, 5) is 27.7. The number of ether oxygens (including phenoxy) is 1. The predicted molar refractivity (Wildman–Crippen MR) is 140 cm³/mol. The fourth-order valence-corrected chi connectivity index (χ4v) is 4.96. The Kier molecular flexibility index (Phi) is 6.21. The van der Waals surface area contributed by atoms with E-state index in [1.807, 2.05) is 57.4 Å². The molecule has 0 fully saturated rings. The topological polar surface area (TPSA) is 129 Å². The number of fused-ring (bicyclic) bond motifs is 2. The van der Waals surface area contributed by atoms with Gasteiger partial charge >= 0.3 is 5.69 Å². The van der Waals surface area contributed by atoms with Gasteiger partial charge in [0.25, 0.3) is 5.91 Å². The number of phenolic OH excluding ortho intramolecular Hbond substituents is 1. The fourth-order valence-electron chi connectivity index (χ4n) is 4.96. The lowest BCUT2D eigenvalue weighted by Gasteiger charge is -2.53. The molecule has 194 valence electrons. The van der Waals surface area contributed by atoms with E-state index in [1.165, 1.54) is 12.1 Å². The molecular formula is C27H36N4O5. The molecule has 2 heterocycles. The molecule has 0 saturated carbocycles. The number of imidazole rings is 1. The second-order valence-corrected chi connectivity index (χ2v) is 11.2. The monoisotopic (exact) mass is 496 g/mol. The standard InChI is InChI=1S/C27H36N4O5/c1-15-8-9-18-20(10-15)31(24(35)30-18)27(6,7)25(2,3)26(4,5)28-13-21(33)17-11-16(32)12-19-23(17)36-14-22(34)29-19/h8-12,21,28,32-33H,13-14H2,1-7H3,(H,29,34)(H,30,35). The van der Waals surface area contributed by atoms with Crippen molar-refractivity contribution in [3.05, 3.63) is 51.9 Å². The average molecular weight is 497 g/mol. The Hall–Kier alpha value is -3.30. The van der Waals surface area contributed by atoms with E-state index >= 15 is 0 Å². The molecule has 4 rings (SSSR count). The normalized spacial score (nSPS) is 15.4. The highest BCUT2D eigenvalue weighted by molar-refractivity contribution is 5.96. The summed E-state index contributed by atoms with van der Waals surface area (Å²) in [6, 6.07) is 8.75. The number of nitrogens with zero attached hydrogens (tertiary/aromatic N) is 1. The summed E-state index contributed by atoms with van der Waals surface area (Å²) in [5.41, 5.74) is 1.56. The second kappa shape index (κ2) is 8.67. The number of hydrogen-bond donors (Lipinski definition) is 5. The summed E-state index contributed by atoms with van der Waals surface area (Å²) in [6.07, 6.45) is -1.02. The number of hydrogen-bond acceptors (Lipinski definition) is 6. The van der Waals surface area contributed by atoms with Crippen LogP contribution in [0.1, 0.15) is 58.8 Å². The zero-order valence-corrected chi connectivity index (χ0v) is 21.9. The first kappa shape index (κ1) is 25.8. The molecule has 9 nitrogen and oxygen atoms in total. The quantitative estimate of drug-likeness (QED) is 0.340. The smallest absolute Gasteiger partial charge is 0.326 e. The highest BCUT2D eigenvalue weighted by atomic mass is 16.5. The molecule has 1 amide bonds. The molecule has 1 aliphatic heterocycles. The third kappa shape index (κ3) is 4.16. The molecular weight excluding hydrogens is 460 g/mol. The Bertz CT molecular complexity index is 1380. The van der Waals surface area contributed by atoms with Gasteiger partial charge in [-0.05, 0) is 58.4 Å². The van der Waals surface area contributed by atoms with Crippen molar-refractivity contribution in [1.82, 2.24) is 14.9 Å². The SMILES string of the molecule is Cc1ccc2[nH]c(=O)n(C(C)(C)C(C)(C)C(C)(C)NCC(O)c3cc(O)cc4c3OCC(=O)N4)c2c1. The number of phenols is 1. The molecule has 3 aromatic rings. The summed E-state index contributed by atoms with van der Waals surface area (Å²) >= 11 is 0. The minimum atomic E-state index is -1.02. The molecule has 1 aromatic heterocycles. The maximum Gasteiger partial charge on any atom is 0.326 e. The molecule has 1 atom stereocenters. The molecule has 5 N–H and O–H groups in total. The van der Waals surface area contributed by atoms with Crippen LogP contribution < -0.4 is 21.1 Å². The summed E-state index contributed by atoms with van der Waals surface area (Å²) in [5.74, 6) is -0.0531. The van der Waals surface area contributed by atoms with E-state index in [1.54, 1.807) is 0 Å². The van der Waals surface area contributed by atoms with Crippen LogP contribution in [0.15, 0.2) is 35.1 Å². The number of H-pyrrole nitrogens is 1. The third-order valence-electron chi connectivity index (χ3n) is 8.31. The van der Waals surface area contributed by atoms with E-state index < -0.39 is 22.6 Å². The van der Waals surface area contributed by atoms with Crippen LogP contribution in [0, 0.1) is 12.3 Å². The number of aromatic nitrogens is 2. The van der Waals surface area contributed by atoms with Crippen molar-refractivity contribution in [3.63, 3.8) is 0 Å². The Balaban J connectivity index is 1.62. The first-order valence-corrected chi connectivity index (χ1v) is 12.1. The van der Waals surface area contributed by atoms with E-state index in [0.717, 1.165) is 16.6 Å². The maximum absolute atomic E-state index is 13.1. The van der Waals surface area contributed by atoms with Gasteiger partial charge in [0.1, 0.15) is 11.5 Å². The Labute approximate surface area is 210 Å². The number of carbonyl (C=O) groups excluding carboxylic acids is 1. The number of aromatic amines is 1. The minimum absolute atomic E-state index is 0.0803. The van der Waals surface area contributed by atoms with Gasteiger partial charge in [0.2, 0.25) is 0 Å². The van der Waals surface area contributed by atoms with E-state index in [2.05, 4.69) is 29.5 Å². The molecule has 36 heavy (non-hydrogen) atoms. The zero-order valence-electron chi connectivity index (χ0n) is 21.9. The molecule has 2 aromatic carbocycles. The van der Waals surface area contributed by atoms with Crippen molar-refractivity contribution in [1.29, 1.82) is 0 Å². The van der Waals surface area contributed by atoms with Crippen LogP contribution in [-0.4, -0.2) is 44.4 Å². The van der Waals surface area contributed by atoms with Crippen LogP contribution in [0.25, 0.3) is 11.0 Å². The number of benzene rings is 2. The Morgan fingerprint density at radius 2 is 1.81 bits per heavy atom. The number of anilines is 1. The molecule has 0 saturated heterocycles. The number of nitrogens with one attached hydrogen (secondary N) is 3. The van der Waals surface area contributed by atoms with Gasteiger partial charge in [-0.1, -0.05) is 19.9 Å². The maximum atomic E-state index is 13.1. The summed E-state index contributed by atoms with van der Waals surface area (Å²) < 4.78 is 7.37. The highest BCUT2D eigenvalue weighted by Crippen LogP contribution is 2.46. The lowest BCUT2D eigenvalue weighted by atomic mass is 9.62. The van der Waals surface area contributed by atoms with Crippen LogP contribution in [0.5, 0.6) is 11.5 Å².